The second-order valence-corrected chi connectivity index (χ2v) is 12.9. The number of carbonyl (C=O) groups excluding carboxylic acids is 2. The molecule has 0 spiro atoms. The topological polar surface area (TPSA) is 127 Å². The zero-order chi connectivity index (χ0) is 37.5. The third-order valence-corrected chi connectivity index (χ3v) is 7.92. The molecule has 50 heavy (non-hydrogen) atoms. The molecule has 0 aromatic carbocycles. The number of aliphatic carboxylic acids is 2. The molecular formula is C42H72O8. The molecule has 0 fully saturated rings. The highest BCUT2D eigenvalue weighted by atomic mass is 16.5. The standard InChI is InChI=1S/2C13H20O2.2C8H16O2/c2*1-2-3-4-5-6-11-13(14)15-12-9-7-8-10-12;2*1-2-3-4-5-6-7-8(9)10/h2*7-9H,2-6,10-11H2,1H3;2*2-7H2,1H3,(H,9,10). The quantitative estimate of drug-likeness (QED) is 0.0672. The van der Waals surface area contributed by atoms with Crippen LogP contribution in [0.5, 0.6) is 0 Å². The predicted molar refractivity (Wildman–Crippen MR) is 205 cm³/mol. The molecule has 0 bridgehead atoms. The van der Waals surface area contributed by atoms with Gasteiger partial charge in [-0.15, -0.1) is 0 Å². The number of carboxylic acids is 2. The molecule has 0 aliphatic heterocycles. The van der Waals surface area contributed by atoms with Crippen LogP contribution >= 0.6 is 0 Å². The normalized spacial score (nSPS) is 12.3. The number of unbranched alkanes of at least 4 members (excludes halogenated alkanes) is 16. The van der Waals surface area contributed by atoms with Crippen molar-refractivity contribution in [3.05, 3.63) is 48.0 Å². The lowest BCUT2D eigenvalue weighted by Gasteiger charge is -2.04. The van der Waals surface area contributed by atoms with Gasteiger partial charge in [-0.1, -0.05) is 155 Å². The smallest absolute Gasteiger partial charge is 0.310 e. The van der Waals surface area contributed by atoms with E-state index in [1.165, 1.54) is 77.0 Å². The summed E-state index contributed by atoms with van der Waals surface area (Å²) in [5.41, 5.74) is 0. The number of rotatable bonds is 26. The van der Waals surface area contributed by atoms with E-state index in [0.717, 1.165) is 75.7 Å². The average Bonchev–Trinajstić information content (AvgIpc) is 3.80. The van der Waals surface area contributed by atoms with E-state index < -0.39 is 11.9 Å². The maximum atomic E-state index is 11.3. The summed E-state index contributed by atoms with van der Waals surface area (Å²) in [7, 11) is 0. The van der Waals surface area contributed by atoms with E-state index in [-0.39, 0.29) is 11.9 Å². The summed E-state index contributed by atoms with van der Waals surface area (Å²) in [5, 5.41) is 16.5. The van der Waals surface area contributed by atoms with Gasteiger partial charge in [-0.2, -0.15) is 0 Å². The third-order valence-electron chi connectivity index (χ3n) is 7.92. The molecule has 8 nitrogen and oxygen atoms in total. The fourth-order valence-corrected chi connectivity index (χ4v) is 4.91. The Morgan fingerprint density at radius 2 is 0.740 bits per heavy atom. The van der Waals surface area contributed by atoms with E-state index in [1.807, 2.05) is 36.5 Å². The highest BCUT2D eigenvalue weighted by Crippen LogP contribution is 2.15. The SMILES string of the molecule is CCCCCCCC(=O)O.CCCCCCCC(=O)O.CCCCCCCC(=O)OC1=CC=CC1.CCCCCCCC(=O)OC1=CC=CC1. The second-order valence-electron chi connectivity index (χ2n) is 12.9. The van der Waals surface area contributed by atoms with Gasteiger partial charge in [0, 0.05) is 38.5 Å². The molecular weight excluding hydrogens is 632 g/mol. The second kappa shape index (κ2) is 38.6. The van der Waals surface area contributed by atoms with Crippen LogP contribution in [0.4, 0.5) is 0 Å². The molecule has 2 aliphatic rings. The Labute approximate surface area is 304 Å². The first kappa shape index (κ1) is 49.0. The molecule has 2 N–H and O–H groups in total. The van der Waals surface area contributed by atoms with Gasteiger partial charge in [0.15, 0.2) is 0 Å². The van der Waals surface area contributed by atoms with Gasteiger partial charge < -0.3 is 19.7 Å². The van der Waals surface area contributed by atoms with Crippen molar-refractivity contribution >= 4 is 23.9 Å². The lowest BCUT2D eigenvalue weighted by atomic mass is 10.1. The van der Waals surface area contributed by atoms with Crippen LogP contribution in [0.15, 0.2) is 48.0 Å². The van der Waals surface area contributed by atoms with E-state index >= 15 is 0 Å². The van der Waals surface area contributed by atoms with Crippen molar-refractivity contribution < 1.29 is 38.9 Å². The molecule has 0 saturated carbocycles. The van der Waals surface area contributed by atoms with E-state index in [4.69, 9.17) is 19.7 Å². The van der Waals surface area contributed by atoms with Gasteiger partial charge >= 0.3 is 23.9 Å². The monoisotopic (exact) mass is 705 g/mol. The summed E-state index contributed by atoms with van der Waals surface area (Å²) >= 11 is 0. The lowest BCUT2D eigenvalue weighted by Crippen LogP contribution is -2.03. The predicted octanol–water partition coefficient (Wildman–Crippen LogP) is 12.3. The zero-order valence-electron chi connectivity index (χ0n) is 32.2. The minimum absolute atomic E-state index is 0.0820. The number of carbonyl (C=O) groups is 4. The summed E-state index contributed by atoms with van der Waals surface area (Å²) in [6, 6.07) is 0. The summed E-state index contributed by atoms with van der Waals surface area (Å²) in [6.45, 7) is 8.68. The average molecular weight is 705 g/mol. The van der Waals surface area contributed by atoms with Crippen molar-refractivity contribution in [2.45, 2.75) is 195 Å². The largest absolute Gasteiger partial charge is 0.481 e. The number of allylic oxidation sites excluding steroid dienone is 6. The summed E-state index contributed by atoms with van der Waals surface area (Å²) < 4.78 is 10.4. The maximum Gasteiger partial charge on any atom is 0.310 e. The van der Waals surface area contributed by atoms with Crippen LogP contribution in [-0.2, 0) is 28.7 Å². The van der Waals surface area contributed by atoms with Gasteiger partial charge in [0.05, 0.1) is 0 Å². The Morgan fingerprint density at radius 1 is 0.460 bits per heavy atom. The Bertz CT molecular complexity index is 898. The van der Waals surface area contributed by atoms with E-state index in [2.05, 4.69) is 27.7 Å². The number of hydrogen-bond acceptors (Lipinski definition) is 6. The van der Waals surface area contributed by atoms with Gasteiger partial charge in [-0.05, 0) is 37.8 Å². The minimum atomic E-state index is -0.670. The van der Waals surface area contributed by atoms with Crippen LogP contribution in [0.1, 0.15) is 195 Å². The van der Waals surface area contributed by atoms with Crippen LogP contribution in [0.2, 0.25) is 0 Å². The summed E-state index contributed by atoms with van der Waals surface area (Å²) in [5.74, 6) is 0.0676. The Kier molecular flexibility index (Phi) is 37.8. The van der Waals surface area contributed by atoms with Gasteiger partial charge in [0.2, 0.25) is 0 Å². The van der Waals surface area contributed by atoms with Crippen LogP contribution in [0.25, 0.3) is 0 Å². The minimum Gasteiger partial charge on any atom is -0.481 e. The molecule has 0 radical (unpaired) electrons. The molecule has 0 amide bonds. The first-order valence-electron chi connectivity index (χ1n) is 19.8. The van der Waals surface area contributed by atoms with Crippen molar-refractivity contribution in [2.75, 3.05) is 0 Å². The van der Waals surface area contributed by atoms with Crippen molar-refractivity contribution in [3.63, 3.8) is 0 Å². The van der Waals surface area contributed by atoms with Crippen molar-refractivity contribution in [3.8, 4) is 0 Å². The molecule has 0 heterocycles. The van der Waals surface area contributed by atoms with Crippen LogP contribution in [-0.4, -0.2) is 34.1 Å². The molecule has 8 heteroatoms. The first-order chi connectivity index (χ1) is 24.2. The van der Waals surface area contributed by atoms with Gasteiger partial charge in [-0.3, -0.25) is 19.2 Å². The van der Waals surface area contributed by atoms with E-state index in [1.54, 1.807) is 0 Å². The molecule has 0 aromatic heterocycles. The van der Waals surface area contributed by atoms with Crippen molar-refractivity contribution in [1.82, 2.24) is 0 Å². The first-order valence-corrected chi connectivity index (χ1v) is 19.8. The fourth-order valence-electron chi connectivity index (χ4n) is 4.91. The van der Waals surface area contributed by atoms with Crippen molar-refractivity contribution in [1.29, 1.82) is 0 Å². The molecule has 0 unspecified atom stereocenters. The molecule has 288 valence electrons. The zero-order valence-corrected chi connectivity index (χ0v) is 32.2. The lowest BCUT2D eigenvalue weighted by molar-refractivity contribution is -0.140. The van der Waals surface area contributed by atoms with E-state index in [0.29, 0.717) is 25.7 Å². The van der Waals surface area contributed by atoms with Crippen molar-refractivity contribution in [2.24, 2.45) is 0 Å². The number of carboxylic acid groups (broad SMARTS) is 2. The summed E-state index contributed by atoms with van der Waals surface area (Å²) in [6.07, 6.45) is 37.6. The fraction of sp³-hybridized carbons (Fsp3) is 0.714. The Hall–Kier alpha value is -3.16. The van der Waals surface area contributed by atoms with Gasteiger partial charge in [0.25, 0.3) is 0 Å². The molecule has 0 atom stereocenters. The van der Waals surface area contributed by atoms with Crippen LogP contribution in [0.3, 0.4) is 0 Å². The van der Waals surface area contributed by atoms with E-state index in [9.17, 15) is 19.2 Å². The highest BCUT2D eigenvalue weighted by molar-refractivity contribution is 5.71. The summed E-state index contributed by atoms with van der Waals surface area (Å²) in [4.78, 5) is 42.7. The van der Waals surface area contributed by atoms with Gasteiger partial charge in [-0.25, -0.2) is 0 Å². The highest BCUT2D eigenvalue weighted by Gasteiger charge is 2.08. The third kappa shape index (κ3) is 39.3. The molecule has 2 aliphatic carbocycles. The number of hydrogen-bond donors (Lipinski definition) is 2. The van der Waals surface area contributed by atoms with Gasteiger partial charge in [0.1, 0.15) is 11.5 Å². The molecule has 0 aromatic rings. The Balaban J connectivity index is 0. The Morgan fingerprint density at radius 3 is 0.980 bits per heavy atom. The van der Waals surface area contributed by atoms with Crippen LogP contribution < -0.4 is 0 Å². The molecule has 0 saturated heterocycles. The maximum absolute atomic E-state index is 11.3. The van der Waals surface area contributed by atoms with Crippen LogP contribution in [0, 0.1) is 0 Å². The molecule has 2 rings (SSSR count). The number of esters is 2. The number of ether oxygens (including phenoxy) is 2.